The Morgan fingerprint density at radius 3 is 2.12 bits per heavy atom. The minimum absolute atomic E-state index is 0.156. The van der Waals surface area contributed by atoms with E-state index in [2.05, 4.69) is 17.0 Å². The number of hydrogen-bond donors (Lipinski definition) is 2. The summed E-state index contributed by atoms with van der Waals surface area (Å²) in [5.74, 6) is 1.06. The lowest BCUT2D eigenvalue weighted by Gasteiger charge is -2.12. The maximum absolute atomic E-state index is 12.4. The Morgan fingerprint density at radius 2 is 1.58 bits per heavy atom. The van der Waals surface area contributed by atoms with E-state index in [4.69, 9.17) is 14.2 Å². The van der Waals surface area contributed by atoms with Crippen LogP contribution in [0.5, 0.6) is 17.2 Å². The third-order valence-corrected chi connectivity index (χ3v) is 6.35. The van der Waals surface area contributed by atoms with Gasteiger partial charge < -0.3 is 19.5 Å². The number of anilines is 1. The molecule has 0 unspecified atom stereocenters. The minimum Gasteiger partial charge on any atom is -0.493 e. The highest BCUT2D eigenvalue weighted by molar-refractivity contribution is 7.89. The number of amides is 1. The zero-order chi connectivity index (χ0) is 24.3. The zero-order valence-corrected chi connectivity index (χ0v) is 20.3. The van der Waals surface area contributed by atoms with Gasteiger partial charge in [0.2, 0.25) is 21.7 Å². The predicted molar refractivity (Wildman–Crippen MR) is 130 cm³/mol. The highest BCUT2D eigenvalue weighted by atomic mass is 32.2. The SMILES string of the molecule is CCCCCCNS(=O)(=O)c1ccc(NC(=O)/C=C/c2cc(OC)c(OC)c(OC)c2)cc1. The maximum Gasteiger partial charge on any atom is 0.248 e. The van der Waals surface area contributed by atoms with Crippen LogP contribution >= 0.6 is 0 Å². The molecule has 33 heavy (non-hydrogen) atoms. The van der Waals surface area contributed by atoms with Gasteiger partial charge in [-0.25, -0.2) is 13.1 Å². The van der Waals surface area contributed by atoms with Gasteiger partial charge in [-0.05, 0) is 54.5 Å². The van der Waals surface area contributed by atoms with Crippen LogP contribution in [-0.4, -0.2) is 42.2 Å². The fourth-order valence-corrected chi connectivity index (χ4v) is 4.19. The number of carbonyl (C=O) groups excluding carboxylic acids is 1. The third kappa shape index (κ3) is 7.80. The van der Waals surface area contributed by atoms with Crippen LogP contribution < -0.4 is 24.2 Å². The van der Waals surface area contributed by atoms with Crippen LogP contribution in [0, 0.1) is 0 Å². The van der Waals surface area contributed by atoms with Gasteiger partial charge in [0.25, 0.3) is 0 Å². The number of sulfonamides is 1. The van der Waals surface area contributed by atoms with Crippen LogP contribution in [0.4, 0.5) is 5.69 Å². The number of benzene rings is 2. The Balaban J connectivity index is 2.00. The Hall–Kier alpha value is -3.04. The molecule has 2 aromatic rings. The van der Waals surface area contributed by atoms with Crippen LogP contribution in [-0.2, 0) is 14.8 Å². The van der Waals surface area contributed by atoms with Crippen molar-refractivity contribution >= 4 is 27.7 Å². The maximum atomic E-state index is 12.4. The second kappa shape index (κ2) is 12.9. The summed E-state index contributed by atoms with van der Waals surface area (Å²) in [6.07, 6.45) is 6.96. The lowest BCUT2D eigenvalue weighted by molar-refractivity contribution is -0.111. The molecule has 0 saturated heterocycles. The van der Waals surface area contributed by atoms with Gasteiger partial charge in [-0.1, -0.05) is 26.2 Å². The first-order valence-corrected chi connectivity index (χ1v) is 12.2. The largest absolute Gasteiger partial charge is 0.493 e. The molecule has 0 aromatic heterocycles. The topological polar surface area (TPSA) is 103 Å². The second-order valence-corrected chi connectivity index (χ2v) is 9.03. The van der Waals surface area contributed by atoms with E-state index in [9.17, 15) is 13.2 Å². The van der Waals surface area contributed by atoms with Crippen LogP contribution in [0.2, 0.25) is 0 Å². The highest BCUT2D eigenvalue weighted by Gasteiger charge is 2.14. The monoisotopic (exact) mass is 476 g/mol. The van der Waals surface area contributed by atoms with Crippen molar-refractivity contribution in [1.82, 2.24) is 4.72 Å². The first-order chi connectivity index (χ1) is 15.8. The van der Waals surface area contributed by atoms with E-state index >= 15 is 0 Å². The Morgan fingerprint density at radius 1 is 0.939 bits per heavy atom. The molecule has 0 spiro atoms. The van der Waals surface area contributed by atoms with Crippen molar-refractivity contribution in [2.24, 2.45) is 0 Å². The normalized spacial score (nSPS) is 11.4. The number of rotatable bonds is 13. The van der Waals surface area contributed by atoms with E-state index in [0.717, 1.165) is 25.7 Å². The summed E-state index contributed by atoms with van der Waals surface area (Å²) in [6.45, 7) is 2.51. The molecule has 0 radical (unpaired) electrons. The Kier molecular flexibility index (Phi) is 10.2. The van der Waals surface area contributed by atoms with Gasteiger partial charge in [-0.2, -0.15) is 0 Å². The van der Waals surface area contributed by atoms with E-state index in [1.807, 2.05) is 0 Å². The fourth-order valence-electron chi connectivity index (χ4n) is 3.11. The molecule has 180 valence electrons. The van der Waals surface area contributed by atoms with Crippen molar-refractivity contribution in [2.75, 3.05) is 33.2 Å². The smallest absolute Gasteiger partial charge is 0.248 e. The number of hydrogen-bond acceptors (Lipinski definition) is 6. The van der Waals surface area contributed by atoms with Gasteiger partial charge in [-0.15, -0.1) is 0 Å². The number of unbranched alkanes of at least 4 members (excludes halogenated alkanes) is 3. The zero-order valence-electron chi connectivity index (χ0n) is 19.5. The summed E-state index contributed by atoms with van der Waals surface area (Å²) in [7, 11) is 0.983. The molecule has 8 nitrogen and oxygen atoms in total. The summed E-state index contributed by atoms with van der Waals surface area (Å²) in [4.78, 5) is 12.5. The molecule has 2 aromatic carbocycles. The Bertz CT molecular complexity index is 1020. The average molecular weight is 477 g/mol. The van der Waals surface area contributed by atoms with Gasteiger partial charge in [0.05, 0.1) is 26.2 Å². The molecule has 0 aliphatic rings. The third-order valence-electron chi connectivity index (χ3n) is 4.87. The standard InChI is InChI=1S/C24H32N2O6S/c1-5-6-7-8-15-25-33(28,29)20-12-10-19(11-13-20)26-23(27)14-9-18-16-21(30-2)24(32-4)22(17-18)31-3/h9-14,16-17,25H,5-8,15H2,1-4H3,(H,26,27)/b14-9+. The van der Waals surface area contributed by atoms with Crippen molar-refractivity contribution < 1.29 is 27.4 Å². The minimum atomic E-state index is -3.57. The molecule has 0 atom stereocenters. The molecule has 2 rings (SSSR count). The van der Waals surface area contributed by atoms with Gasteiger partial charge in [0.1, 0.15) is 0 Å². The summed E-state index contributed by atoms with van der Waals surface area (Å²) in [5.41, 5.74) is 1.17. The molecule has 0 heterocycles. The summed E-state index contributed by atoms with van der Waals surface area (Å²) in [6, 6.07) is 9.48. The molecule has 2 N–H and O–H groups in total. The van der Waals surface area contributed by atoms with Gasteiger partial charge >= 0.3 is 0 Å². The average Bonchev–Trinajstić information content (AvgIpc) is 2.82. The molecule has 0 aliphatic carbocycles. The van der Waals surface area contributed by atoms with Gasteiger partial charge in [0.15, 0.2) is 11.5 Å². The van der Waals surface area contributed by atoms with Crippen molar-refractivity contribution in [3.63, 3.8) is 0 Å². The van der Waals surface area contributed by atoms with E-state index in [0.29, 0.717) is 35.0 Å². The van der Waals surface area contributed by atoms with Crippen LogP contribution in [0.15, 0.2) is 47.4 Å². The number of methoxy groups -OCH3 is 3. The van der Waals surface area contributed by atoms with Crippen molar-refractivity contribution in [3.05, 3.63) is 48.0 Å². The highest BCUT2D eigenvalue weighted by Crippen LogP contribution is 2.38. The quantitative estimate of drug-likeness (QED) is 0.331. The Labute approximate surface area is 196 Å². The lowest BCUT2D eigenvalue weighted by atomic mass is 10.1. The van der Waals surface area contributed by atoms with Crippen molar-refractivity contribution in [3.8, 4) is 17.2 Å². The summed E-state index contributed by atoms with van der Waals surface area (Å²) < 4.78 is 43.2. The predicted octanol–water partition coefficient (Wildman–Crippen LogP) is 4.22. The first kappa shape index (κ1) is 26.2. The van der Waals surface area contributed by atoms with E-state index in [1.54, 1.807) is 30.3 Å². The van der Waals surface area contributed by atoms with E-state index in [-0.39, 0.29) is 10.8 Å². The van der Waals surface area contributed by atoms with Crippen LogP contribution in [0.25, 0.3) is 6.08 Å². The summed E-state index contributed by atoms with van der Waals surface area (Å²) >= 11 is 0. The van der Waals surface area contributed by atoms with E-state index in [1.165, 1.54) is 39.5 Å². The first-order valence-electron chi connectivity index (χ1n) is 10.7. The number of carbonyl (C=O) groups is 1. The molecule has 0 aliphatic heterocycles. The molecule has 9 heteroatoms. The second-order valence-electron chi connectivity index (χ2n) is 7.26. The van der Waals surface area contributed by atoms with Crippen LogP contribution in [0.3, 0.4) is 0 Å². The molecular formula is C24H32N2O6S. The van der Waals surface area contributed by atoms with Gasteiger partial charge in [0, 0.05) is 18.3 Å². The molecule has 0 saturated carbocycles. The number of nitrogens with one attached hydrogen (secondary N) is 2. The lowest BCUT2D eigenvalue weighted by Crippen LogP contribution is -2.24. The molecular weight excluding hydrogens is 444 g/mol. The van der Waals surface area contributed by atoms with Crippen molar-refractivity contribution in [1.29, 1.82) is 0 Å². The van der Waals surface area contributed by atoms with Gasteiger partial charge in [-0.3, -0.25) is 4.79 Å². The molecule has 1 amide bonds. The number of ether oxygens (including phenoxy) is 3. The molecule has 0 fully saturated rings. The fraction of sp³-hybridized carbons (Fsp3) is 0.375. The van der Waals surface area contributed by atoms with Crippen LogP contribution in [0.1, 0.15) is 38.2 Å². The molecule has 0 bridgehead atoms. The summed E-state index contributed by atoms with van der Waals surface area (Å²) in [5, 5.41) is 2.71. The van der Waals surface area contributed by atoms with Crippen molar-refractivity contribution in [2.45, 2.75) is 37.5 Å². The van der Waals surface area contributed by atoms with E-state index < -0.39 is 10.0 Å².